The van der Waals surface area contributed by atoms with E-state index in [1.54, 1.807) is 0 Å². The predicted molar refractivity (Wildman–Crippen MR) is 70.3 cm³/mol. The van der Waals surface area contributed by atoms with Crippen LogP contribution in [0.15, 0.2) is 0 Å². The summed E-state index contributed by atoms with van der Waals surface area (Å²) in [5, 5.41) is 7.21. The number of piperidine rings is 1. The van der Waals surface area contributed by atoms with Gasteiger partial charge in [0.25, 0.3) is 0 Å². The van der Waals surface area contributed by atoms with Gasteiger partial charge < -0.3 is 15.4 Å². The van der Waals surface area contributed by atoms with E-state index in [0.29, 0.717) is 11.5 Å². The van der Waals surface area contributed by atoms with Crippen LogP contribution in [0.25, 0.3) is 0 Å². The first-order chi connectivity index (χ1) is 8.18. The number of nitrogens with one attached hydrogen (secondary N) is 2. The molecule has 1 atom stereocenters. The predicted octanol–water partition coefficient (Wildman–Crippen LogP) is 0.296. The monoisotopic (exact) mass is 241 g/mol. The molecule has 17 heavy (non-hydrogen) atoms. The van der Waals surface area contributed by atoms with E-state index in [1.807, 2.05) is 0 Å². The van der Waals surface area contributed by atoms with E-state index < -0.39 is 0 Å². The Morgan fingerprint density at radius 1 is 1.35 bits per heavy atom. The molecular weight excluding hydrogens is 214 g/mol. The first-order valence-corrected chi connectivity index (χ1v) is 6.93. The highest BCUT2D eigenvalue weighted by molar-refractivity contribution is 4.90. The summed E-state index contributed by atoms with van der Waals surface area (Å²) in [7, 11) is 0. The van der Waals surface area contributed by atoms with Crippen LogP contribution in [0.4, 0.5) is 0 Å². The third-order valence-corrected chi connectivity index (χ3v) is 4.06. The maximum atomic E-state index is 5.36. The summed E-state index contributed by atoms with van der Waals surface area (Å²) < 4.78 is 5.36. The van der Waals surface area contributed by atoms with Crippen molar-refractivity contribution in [2.45, 2.75) is 26.3 Å². The van der Waals surface area contributed by atoms with Crippen LogP contribution < -0.4 is 10.6 Å². The van der Waals surface area contributed by atoms with Crippen LogP contribution in [0.5, 0.6) is 0 Å². The Labute approximate surface area is 105 Å². The Morgan fingerprint density at radius 3 is 2.82 bits per heavy atom. The van der Waals surface area contributed by atoms with Crippen molar-refractivity contribution in [3.05, 3.63) is 0 Å². The van der Waals surface area contributed by atoms with E-state index in [0.717, 1.165) is 52.5 Å². The lowest BCUT2D eigenvalue weighted by Crippen LogP contribution is -2.54. The van der Waals surface area contributed by atoms with Gasteiger partial charge in [-0.1, -0.05) is 13.8 Å². The quantitative estimate of drug-likeness (QED) is 0.742. The molecule has 0 aromatic heterocycles. The summed E-state index contributed by atoms with van der Waals surface area (Å²) in [6, 6.07) is 0.657. The normalized spacial score (nSPS) is 30.4. The summed E-state index contributed by atoms with van der Waals surface area (Å²) in [5.41, 5.74) is 0.378. The second-order valence-corrected chi connectivity index (χ2v) is 5.91. The summed E-state index contributed by atoms with van der Waals surface area (Å²) in [6.07, 6.45) is 1.25. The van der Waals surface area contributed by atoms with Gasteiger partial charge in [-0.05, 0) is 18.4 Å². The lowest BCUT2D eigenvalue weighted by molar-refractivity contribution is 0.0371. The van der Waals surface area contributed by atoms with E-state index in [9.17, 15) is 0 Å². The molecule has 4 nitrogen and oxygen atoms in total. The molecule has 0 aliphatic carbocycles. The smallest absolute Gasteiger partial charge is 0.0594 e. The van der Waals surface area contributed by atoms with Gasteiger partial charge in [0, 0.05) is 38.8 Å². The van der Waals surface area contributed by atoms with E-state index in [1.165, 1.54) is 6.42 Å². The average Bonchev–Trinajstić information content (AvgIpc) is 2.32. The molecule has 0 spiro atoms. The number of nitrogens with zero attached hydrogens (tertiary/aromatic N) is 1. The van der Waals surface area contributed by atoms with E-state index in [4.69, 9.17) is 4.74 Å². The molecule has 2 aliphatic heterocycles. The molecular formula is C13H27N3O. The van der Waals surface area contributed by atoms with Crippen molar-refractivity contribution in [3.8, 4) is 0 Å². The molecule has 0 saturated carbocycles. The van der Waals surface area contributed by atoms with E-state index >= 15 is 0 Å². The first-order valence-electron chi connectivity index (χ1n) is 6.93. The Balaban J connectivity index is 1.66. The number of hydrogen-bond acceptors (Lipinski definition) is 4. The zero-order chi connectivity index (χ0) is 12.1. The van der Waals surface area contributed by atoms with Crippen LogP contribution in [0.3, 0.4) is 0 Å². The number of hydrogen-bond donors (Lipinski definition) is 2. The van der Waals surface area contributed by atoms with Gasteiger partial charge in [-0.3, -0.25) is 4.90 Å². The molecule has 0 aromatic rings. The largest absolute Gasteiger partial charge is 0.379 e. The van der Waals surface area contributed by atoms with Crippen LogP contribution in [-0.4, -0.2) is 63.4 Å². The van der Waals surface area contributed by atoms with Gasteiger partial charge in [0.1, 0.15) is 0 Å². The summed E-state index contributed by atoms with van der Waals surface area (Å²) in [5.74, 6) is 0. The third kappa shape index (κ3) is 3.91. The second-order valence-electron chi connectivity index (χ2n) is 5.91. The van der Waals surface area contributed by atoms with Crippen LogP contribution >= 0.6 is 0 Å². The fourth-order valence-corrected chi connectivity index (χ4v) is 2.77. The van der Waals surface area contributed by atoms with Gasteiger partial charge in [0.05, 0.1) is 13.2 Å². The third-order valence-electron chi connectivity index (χ3n) is 4.06. The van der Waals surface area contributed by atoms with Gasteiger partial charge in [-0.25, -0.2) is 0 Å². The summed E-state index contributed by atoms with van der Waals surface area (Å²) in [6.45, 7) is 13.2. The highest BCUT2D eigenvalue weighted by Crippen LogP contribution is 2.24. The Hall–Kier alpha value is -0.160. The molecule has 1 unspecified atom stereocenters. The zero-order valence-electron chi connectivity index (χ0n) is 11.3. The van der Waals surface area contributed by atoms with Crippen molar-refractivity contribution in [2.24, 2.45) is 5.41 Å². The molecule has 2 N–H and O–H groups in total. The van der Waals surface area contributed by atoms with Crippen LogP contribution in [0, 0.1) is 5.41 Å². The average molecular weight is 241 g/mol. The van der Waals surface area contributed by atoms with Crippen molar-refractivity contribution in [1.29, 1.82) is 0 Å². The van der Waals surface area contributed by atoms with E-state index in [2.05, 4.69) is 29.4 Å². The molecule has 2 fully saturated rings. The van der Waals surface area contributed by atoms with Gasteiger partial charge in [0.2, 0.25) is 0 Å². The summed E-state index contributed by atoms with van der Waals surface area (Å²) >= 11 is 0. The topological polar surface area (TPSA) is 36.5 Å². The summed E-state index contributed by atoms with van der Waals surface area (Å²) in [4.78, 5) is 2.49. The van der Waals surface area contributed by atoms with Crippen LogP contribution in [-0.2, 0) is 4.74 Å². The minimum atomic E-state index is 0.378. The van der Waals surface area contributed by atoms with Gasteiger partial charge in [-0.15, -0.1) is 0 Å². The van der Waals surface area contributed by atoms with Crippen molar-refractivity contribution in [3.63, 3.8) is 0 Å². The zero-order valence-corrected chi connectivity index (χ0v) is 11.3. The SMILES string of the molecule is CC1(C)CNCCC1NCCN1CCOCC1. The van der Waals surface area contributed by atoms with E-state index in [-0.39, 0.29) is 0 Å². The fraction of sp³-hybridized carbons (Fsp3) is 1.00. The van der Waals surface area contributed by atoms with Crippen molar-refractivity contribution < 1.29 is 4.74 Å². The molecule has 2 saturated heterocycles. The van der Waals surface area contributed by atoms with Gasteiger partial charge >= 0.3 is 0 Å². The second kappa shape index (κ2) is 6.14. The fourth-order valence-electron chi connectivity index (χ4n) is 2.77. The van der Waals surface area contributed by atoms with Gasteiger partial charge in [0.15, 0.2) is 0 Å². The Kier molecular flexibility index (Phi) is 4.79. The minimum Gasteiger partial charge on any atom is -0.379 e. The molecule has 2 rings (SSSR count). The van der Waals surface area contributed by atoms with Crippen molar-refractivity contribution >= 4 is 0 Å². The molecule has 4 heteroatoms. The Morgan fingerprint density at radius 2 is 2.12 bits per heavy atom. The number of morpholine rings is 1. The molecule has 0 amide bonds. The highest BCUT2D eigenvalue weighted by atomic mass is 16.5. The van der Waals surface area contributed by atoms with Crippen LogP contribution in [0.1, 0.15) is 20.3 Å². The molecule has 0 radical (unpaired) electrons. The van der Waals surface area contributed by atoms with Crippen molar-refractivity contribution in [2.75, 3.05) is 52.5 Å². The maximum Gasteiger partial charge on any atom is 0.0594 e. The number of rotatable bonds is 4. The van der Waals surface area contributed by atoms with Gasteiger partial charge in [-0.2, -0.15) is 0 Å². The minimum absolute atomic E-state index is 0.378. The highest BCUT2D eigenvalue weighted by Gasteiger charge is 2.31. The molecule has 0 bridgehead atoms. The lowest BCUT2D eigenvalue weighted by Gasteiger charge is -2.40. The molecule has 2 heterocycles. The standard InChI is InChI=1S/C13H27N3O/c1-13(2)11-14-4-3-12(13)15-5-6-16-7-9-17-10-8-16/h12,14-15H,3-11H2,1-2H3. The first kappa shape index (κ1) is 13.3. The Bertz CT molecular complexity index is 227. The number of ether oxygens (including phenoxy) is 1. The lowest BCUT2D eigenvalue weighted by atomic mass is 9.80. The van der Waals surface area contributed by atoms with Crippen molar-refractivity contribution in [1.82, 2.24) is 15.5 Å². The van der Waals surface area contributed by atoms with Crippen LogP contribution in [0.2, 0.25) is 0 Å². The molecule has 2 aliphatic rings. The molecule has 100 valence electrons. The molecule has 0 aromatic carbocycles. The maximum absolute atomic E-state index is 5.36.